The summed E-state index contributed by atoms with van der Waals surface area (Å²) in [4.78, 5) is 0. The lowest BCUT2D eigenvalue weighted by molar-refractivity contribution is 0.271. The van der Waals surface area contributed by atoms with E-state index >= 15 is 0 Å². The van der Waals surface area contributed by atoms with E-state index in [0.29, 0.717) is 0 Å². The highest BCUT2D eigenvalue weighted by molar-refractivity contribution is 5.23. The fraction of sp³-hybridized carbons (Fsp3) is 0.538. The van der Waals surface area contributed by atoms with Gasteiger partial charge in [-0.05, 0) is 0 Å². The second kappa shape index (κ2) is 12.9. The van der Waals surface area contributed by atoms with Crippen molar-refractivity contribution in [2.45, 2.75) is 34.1 Å². The second-order valence-corrected chi connectivity index (χ2v) is 2.85. The maximum absolute atomic E-state index is 12.4. The van der Waals surface area contributed by atoms with E-state index < -0.39 is 18.3 Å². The monoisotopic (exact) mass is 250 g/mol. The first-order valence-corrected chi connectivity index (χ1v) is 5.78. The number of hydrogen-bond donors (Lipinski definition) is 0. The molecule has 100 valence electrons. The molecule has 0 unspecified atom stereocenters. The van der Waals surface area contributed by atoms with E-state index in [2.05, 4.69) is 18.6 Å². The fourth-order valence-corrected chi connectivity index (χ4v) is 0.768. The Morgan fingerprint density at radius 1 is 1.00 bits per heavy atom. The highest BCUT2D eigenvalue weighted by Crippen LogP contribution is 2.14. The predicted molar refractivity (Wildman–Crippen MR) is 65.1 cm³/mol. The SMILES string of the molecule is CC.CCC.FCCOc1cc(F)cc(F)c1. The van der Waals surface area contributed by atoms with Crippen molar-refractivity contribution in [3.63, 3.8) is 0 Å². The lowest BCUT2D eigenvalue weighted by atomic mass is 10.3. The van der Waals surface area contributed by atoms with Crippen molar-refractivity contribution in [1.29, 1.82) is 0 Å². The van der Waals surface area contributed by atoms with E-state index in [9.17, 15) is 13.2 Å². The van der Waals surface area contributed by atoms with Crippen molar-refractivity contribution in [3.8, 4) is 5.75 Å². The van der Waals surface area contributed by atoms with Gasteiger partial charge in [0.2, 0.25) is 0 Å². The van der Waals surface area contributed by atoms with Gasteiger partial charge in [0.05, 0.1) is 0 Å². The van der Waals surface area contributed by atoms with E-state index in [1.165, 1.54) is 6.42 Å². The molecular weight excluding hydrogens is 229 g/mol. The molecule has 1 rings (SSSR count). The van der Waals surface area contributed by atoms with Gasteiger partial charge in [-0.1, -0.05) is 34.1 Å². The minimum absolute atomic E-state index is 0.00477. The molecule has 0 aliphatic heterocycles. The van der Waals surface area contributed by atoms with Crippen LogP contribution >= 0.6 is 0 Å². The molecule has 0 fully saturated rings. The summed E-state index contributed by atoms with van der Waals surface area (Å²) < 4.78 is 41.1. The second-order valence-electron chi connectivity index (χ2n) is 2.85. The van der Waals surface area contributed by atoms with Gasteiger partial charge in [0.1, 0.15) is 30.7 Å². The third-order valence-corrected chi connectivity index (χ3v) is 1.18. The van der Waals surface area contributed by atoms with Crippen LogP contribution in [0.3, 0.4) is 0 Å². The Kier molecular flexibility index (Phi) is 13.8. The molecule has 1 nitrogen and oxygen atoms in total. The molecule has 0 aliphatic rings. The number of hydrogen-bond acceptors (Lipinski definition) is 1. The number of ether oxygens (including phenoxy) is 1. The quantitative estimate of drug-likeness (QED) is 0.751. The highest BCUT2D eigenvalue weighted by Gasteiger charge is 2.00. The van der Waals surface area contributed by atoms with Crippen molar-refractivity contribution in [1.82, 2.24) is 0 Å². The summed E-state index contributed by atoms with van der Waals surface area (Å²) in [5, 5.41) is 0. The Morgan fingerprint density at radius 3 is 1.76 bits per heavy atom. The summed E-state index contributed by atoms with van der Waals surface area (Å²) in [5.41, 5.74) is 0. The minimum atomic E-state index is -0.733. The Balaban J connectivity index is 0. The van der Waals surface area contributed by atoms with E-state index in [1.54, 1.807) is 0 Å². The van der Waals surface area contributed by atoms with Gasteiger partial charge in [0.15, 0.2) is 0 Å². The summed E-state index contributed by atoms with van der Waals surface area (Å²) >= 11 is 0. The lowest BCUT2D eigenvalue weighted by Crippen LogP contribution is -1.99. The van der Waals surface area contributed by atoms with Crippen LogP contribution in [0.5, 0.6) is 5.75 Å². The molecule has 0 heterocycles. The van der Waals surface area contributed by atoms with E-state index in [4.69, 9.17) is 0 Å². The van der Waals surface area contributed by atoms with Crippen LogP contribution in [0.25, 0.3) is 0 Å². The first kappa shape index (κ1) is 18.2. The van der Waals surface area contributed by atoms with Crippen LogP contribution in [0.2, 0.25) is 0 Å². The molecule has 1 aromatic carbocycles. The molecule has 0 aromatic heterocycles. The van der Waals surface area contributed by atoms with E-state index in [-0.39, 0.29) is 12.4 Å². The van der Waals surface area contributed by atoms with Gasteiger partial charge < -0.3 is 4.74 Å². The van der Waals surface area contributed by atoms with E-state index in [1.807, 2.05) is 13.8 Å². The minimum Gasteiger partial charge on any atom is -0.491 e. The van der Waals surface area contributed by atoms with Gasteiger partial charge in [0.25, 0.3) is 0 Å². The van der Waals surface area contributed by atoms with Gasteiger partial charge in [0, 0.05) is 18.2 Å². The molecule has 1 aromatic rings. The molecule has 0 bridgehead atoms. The number of benzene rings is 1. The van der Waals surface area contributed by atoms with Crippen molar-refractivity contribution < 1.29 is 17.9 Å². The Morgan fingerprint density at radius 2 is 1.41 bits per heavy atom. The van der Waals surface area contributed by atoms with Crippen LogP contribution < -0.4 is 4.74 Å². The lowest BCUT2D eigenvalue weighted by Gasteiger charge is -2.02. The normalized spacial score (nSPS) is 8.41. The van der Waals surface area contributed by atoms with Gasteiger partial charge in [-0.25, -0.2) is 13.2 Å². The molecule has 0 aliphatic carbocycles. The third-order valence-electron chi connectivity index (χ3n) is 1.18. The fourth-order valence-electron chi connectivity index (χ4n) is 0.768. The summed E-state index contributed by atoms with van der Waals surface area (Å²) in [6.45, 7) is 7.38. The number of alkyl halides is 1. The highest BCUT2D eigenvalue weighted by atomic mass is 19.1. The first-order chi connectivity index (χ1) is 8.13. The Hall–Kier alpha value is -1.19. The van der Waals surface area contributed by atoms with Crippen LogP contribution in [-0.2, 0) is 0 Å². The van der Waals surface area contributed by atoms with Crippen LogP contribution in [-0.4, -0.2) is 13.3 Å². The zero-order valence-electron chi connectivity index (χ0n) is 10.9. The van der Waals surface area contributed by atoms with Crippen molar-refractivity contribution in [2.75, 3.05) is 13.3 Å². The smallest absolute Gasteiger partial charge is 0.129 e. The summed E-state index contributed by atoms with van der Waals surface area (Å²) in [6, 6.07) is 2.72. The largest absolute Gasteiger partial charge is 0.491 e. The van der Waals surface area contributed by atoms with Gasteiger partial charge in [-0.15, -0.1) is 0 Å². The Labute approximate surface area is 102 Å². The summed E-state index contributed by atoms with van der Waals surface area (Å²) in [6.07, 6.45) is 1.25. The molecule has 0 saturated heterocycles. The van der Waals surface area contributed by atoms with Crippen LogP contribution in [0, 0.1) is 11.6 Å². The number of halogens is 3. The molecule has 4 heteroatoms. The maximum Gasteiger partial charge on any atom is 0.129 e. The van der Waals surface area contributed by atoms with Crippen LogP contribution in [0.15, 0.2) is 18.2 Å². The Bertz CT molecular complexity index is 257. The average Bonchev–Trinajstić information content (AvgIpc) is 2.29. The topological polar surface area (TPSA) is 9.23 Å². The molecule has 0 amide bonds. The van der Waals surface area contributed by atoms with Crippen molar-refractivity contribution in [2.24, 2.45) is 0 Å². The van der Waals surface area contributed by atoms with Crippen molar-refractivity contribution in [3.05, 3.63) is 29.8 Å². The van der Waals surface area contributed by atoms with Gasteiger partial charge in [-0.2, -0.15) is 0 Å². The van der Waals surface area contributed by atoms with Gasteiger partial charge in [-0.3, -0.25) is 0 Å². The molecule has 0 N–H and O–H groups in total. The molecule has 0 saturated carbocycles. The van der Waals surface area contributed by atoms with Crippen LogP contribution in [0.1, 0.15) is 34.1 Å². The molecule has 0 radical (unpaired) electrons. The summed E-state index contributed by atoms with van der Waals surface area (Å²) in [5.74, 6) is -1.46. The molecular formula is C13H21F3O. The molecule has 0 atom stereocenters. The van der Waals surface area contributed by atoms with Crippen molar-refractivity contribution >= 4 is 0 Å². The first-order valence-electron chi connectivity index (χ1n) is 5.78. The zero-order valence-corrected chi connectivity index (χ0v) is 10.9. The molecule has 17 heavy (non-hydrogen) atoms. The average molecular weight is 250 g/mol. The van der Waals surface area contributed by atoms with Crippen LogP contribution in [0.4, 0.5) is 13.2 Å². The maximum atomic E-state index is 12.4. The number of rotatable bonds is 3. The predicted octanol–water partition coefficient (Wildman–Crippen LogP) is 4.76. The zero-order chi connectivity index (χ0) is 13.7. The van der Waals surface area contributed by atoms with Gasteiger partial charge >= 0.3 is 0 Å². The summed E-state index contributed by atoms with van der Waals surface area (Å²) in [7, 11) is 0. The molecule has 0 spiro atoms. The van der Waals surface area contributed by atoms with E-state index in [0.717, 1.165) is 18.2 Å². The standard InChI is InChI=1S/C8H7F3O.C3H8.C2H6/c9-1-2-12-8-4-6(10)3-7(11)5-8;1-3-2;1-2/h3-5H,1-2H2;3H2,1-2H3;1-2H3. The third kappa shape index (κ3) is 11.1.